The smallest absolute Gasteiger partial charge is 0.351 e. The number of amides is 2. The van der Waals surface area contributed by atoms with Crippen LogP contribution in [0, 0.1) is 5.92 Å². The lowest BCUT2D eigenvalue weighted by atomic mass is 9.82. The Kier molecular flexibility index (Phi) is 10.7. The fourth-order valence-corrected chi connectivity index (χ4v) is 7.00. The molecule has 1 saturated carbocycles. The summed E-state index contributed by atoms with van der Waals surface area (Å²) >= 11 is 1.51. The van der Waals surface area contributed by atoms with Crippen molar-refractivity contribution >= 4 is 33.4 Å². The number of nitrogens with one attached hydrogen (secondary N) is 3. The maximum atomic E-state index is 13.3. The predicted octanol–water partition coefficient (Wildman–Crippen LogP) is 4.67. The Morgan fingerprint density at radius 2 is 1.73 bits per heavy atom. The number of hydrogen-bond donors (Lipinski definition) is 3. The zero-order valence-corrected chi connectivity index (χ0v) is 24.6. The van der Waals surface area contributed by atoms with E-state index in [1.165, 1.54) is 24.8 Å². The number of thioether (sulfide) groups is 1. The quantitative estimate of drug-likeness (QED) is 0.343. The van der Waals surface area contributed by atoms with Crippen molar-refractivity contribution in [3.05, 3.63) is 59.7 Å². The highest BCUT2D eigenvalue weighted by atomic mass is 32.2. The van der Waals surface area contributed by atoms with Crippen molar-refractivity contribution in [1.29, 1.82) is 0 Å². The van der Waals surface area contributed by atoms with E-state index in [1.54, 1.807) is 24.3 Å². The number of hydrogen-bond acceptors (Lipinski definition) is 6. The summed E-state index contributed by atoms with van der Waals surface area (Å²) in [5.41, 5.74) is -1.18. The summed E-state index contributed by atoms with van der Waals surface area (Å²) in [6.07, 6.45) is -0.891. The molecule has 0 aliphatic heterocycles. The molecule has 4 atom stereocenters. The third kappa shape index (κ3) is 8.71. The molecule has 0 aromatic heterocycles. The van der Waals surface area contributed by atoms with E-state index in [-0.39, 0.29) is 34.2 Å². The summed E-state index contributed by atoms with van der Waals surface area (Å²) in [4.78, 5) is 26.8. The lowest BCUT2D eigenvalue weighted by Crippen LogP contribution is -2.54. The lowest BCUT2D eigenvalue weighted by Gasteiger charge is -2.38. The summed E-state index contributed by atoms with van der Waals surface area (Å²) in [6.45, 7) is 5.47. The summed E-state index contributed by atoms with van der Waals surface area (Å²) in [7, 11) is -3.65. The first-order valence-corrected chi connectivity index (χ1v) is 16.0. The van der Waals surface area contributed by atoms with Crippen molar-refractivity contribution in [2.75, 3.05) is 12.0 Å². The number of sulfone groups is 1. The van der Waals surface area contributed by atoms with Crippen LogP contribution in [0.3, 0.4) is 0 Å². The first-order valence-electron chi connectivity index (χ1n) is 13.1. The predicted molar refractivity (Wildman–Crippen MR) is 150 cm³/mol. The zero-order chi connectivity index (χ0) is 29.7. The van der Waals surface area contributed by atoms with Gasteiger partial charge in [-0.3, -0.25) is 9.59 Å². The maximum Gasteiger partial charge on any atom is 0.416 e. The molecule has 0 radical (unpaired) electrons. The van der Waals surface area contributed by atoms with Crippen LogP contribution in [0.15, 0.2) is 58.3 Å². The van der Waals surface area contributed by atoms with Gasteiger partial charge in [-0.15, -0.1) is 11.8 Å². The van der Waals surface area contributed by atoms with E-state index >= 15 is 0 Å². The number of alkyl halides is 3. The fraction of sp³-hybridized carbons (Fsp3) is 0.500. The molecule has 7 nitrogen and oxygen atoms in total. The van der Waals surface area contributed by atoms with Gasteiger partial charge in [-0.2, -0.15) is 13.2 Å². The van der Waals surface area contributed by atoms with Crippen LogP contribution in [0.4, 0.5) is 13.2 Å². The molecule has 2 aromatic carbocycles. The van der Waals surface area contributed by atoms with Gasteiger partial charge in [-0.25, -0.2) is 8.42 Å². The standard InChI is InChI=1S/C28H36F3N3O4S2/c1-17(2)32-22-8-13-25(20(15-22)16-40(37,38)24-11-9-23(39-4)10-12-24)34-26(35)18(3)33-27(36)19-6-5-7-21(14-19)28(29,30)31/h5-7,9-12,14,17-18,20,22,25,32H,8,13,15-16H2,1-4H3,(H,33,36)(H,34,35)/t18-,20+,22-,25+/m1/s1. The highest BCUT2D eigenvalue weighted by Gasteiger charge is 2.36. The minimum absolute atomic E-state index is 0.0882. The molecule has 1 aliphatic rings. The van der Waals surface area contributed by atoms with E-state index in [0.717, 1.165) is 29.5 Å². The summed E-state index contributed by atoms with van der Waals surface area (Å²) in [6, 6.07) is 9.46. The number of rotatable bonds is 10. The Morgan fingerprint density at radius 3 is 2.33 bits per heavy atom. The van der Waals surface area contributed by atoms with E-state index in [9.17, 15) is 31.2 Å². The molecule has 0 saturated heterocycles. The number of halogens is 3. The Labute approximate surface area is 238 Å². The Morgan fingerprint density at radius 1 is 1.05 bits per heavy atom. The van der Waals surface area contributed by atoms with Crippen LogP contribution < -0.4 is 16.0 Å². The molecule has 2 aromatic rings. The van der Waals surface area contributed by atoms with Crippen molar-refractivity contribution in [2.45, 2.75) is 80.2 Å². The van der Waals surface area contributed by atoms with Crippen LogP contribution in [0.1, 0.15) is 56.0 Å². The van der Waals surface area contributed by atoms with Gasteiger partial charge in [0.2, 0.25) is 5.91 Å². The second kappa shape index (κ2) is 13.4. The van der Waals surface area contributed by atoms with Gasteiger partial charge in [-0.1, -0.05) is 19.9 Å². The first kappa shape index (κ1) is 32.0. The monoisotopic (exact) mass is 599 g/mol. The third-order valence-corrected chi connectivity index (χ3v) is 9.53. The van der Waals surface area contributed by atoms with Crippen LogP contribution >= 0.6 is 11.8 Å². The summed E-state index contributed by atoms with van der Waals surface area (Å²) < 4.78 is 65.7. The Balaban J connectivity index is 1.72. The molecule has 40 heavy (non-hydrogen) atoms. The van der Waals surface area contributed by atoms with E-state index in [2.05, 4.69) is 16.0 Å². The molecule has 12 heteroatoms. The molecule has 1 aliphatic carbocycles. The van der Waals surface area contributed by atoms with Crippen molar-refractivity contribution < 1.29 is 31.2 Å². The average molecular weight is 600 g/mol. The number of carbonyl (C=O) groups excluding carboxylic acids is 2. The Bertz CT molecular complexity index is 1280. The van der Waals surface area contributed by atoms with Crippen LogP contribution in [0.25, 0.3) is 0 Å². The molecular formula is C28H36F3N3O4S2. The zero-order valence-electron chi connectivity index (χ0n) is 22.9. The van der Waals surface area contributed by atoms with Gasteiger partial charge in [0.15, 0.2) is 9.84 Å². The van der Waals surface area contributed by atoms with Crippen molar-refractivity contribution in [1.82, 2.24) is 16.0 Å². The second-order valence-corrected chi connectivity index (χ2v) is 13.4. The van der Waals surface area contributed by atoms with Crippen molar-refractivity contribution in [3.63, 3.8) is 0 Å². The van der Waals surface area contributed by atoms with Crippen LogP contribution in [-0.4, -0.2) is 56.4 Å². The molecule has 220 valence electrons. The van der Waals surface area contributed by atoms with Crippen LogP contribution in [0.5, 0.6) is 0 Å². The summed E-state index contributed by atoms with van der Waals surface area (Å²) in [5.74, 6) is -1.89. The van der Waals surface area contributed by atoms with Crippen molar-refractivity contribution in [2.24, 2.45) is 5.92 Å². The molecule has 2 amide bonds. The normalized spacial score (nSPS) is 20.6. The topological polar surface area (TPSA) is 104 Å². The van der Waals surface area contributed by atoms with Gasteiger partial charge < -0.3 is 16.0 Å². The van der Waals surface area contributed by atoms with E-state index in [1.807, 2.05) is 20.1 Å². The van der Waals surface area contributed by atoms with Gasteiger partial charge in [0.25, 0.3) is 5.91 Å². The van der Waals surface area contributed by atoms with Crippen molar-refractivity contribution in [3.8, 4) is 0 Å². The number of benzene rings is 2. The second-order valence-electron chi connectivity index (χ2n) is 10.4. The minimum atomic E-state index is -4.60. The molecule has 0 unspecified atom stereocenters. The van der Waals surface area contributed by atoms with Gasteiger partial charge in [0, 0.05) is 28.6 Å². The molecule has 1 fully saturated rings. The Hall–Kier alpha value is -2.57. The van der Waals surface area contributed by atoms with Gasteiger partial charge in [0.1, 0.15) is 6.04 Å². The largest absolute Gasteiger partial charge is 0.416 e. The van der Waals surface area contributed by atoms with Gasteiger partial charge in [-0.05, 0) is 80.8 Å². The fourth-order valence-electron chi connectivity index (χ4n) is 4.91. The number of carbonyl (C=O) groups is 2. The molecule has 0 heterocycles. The highest BCUT2D eigenvalue weighted by Crippen LogP contribution is 2.30. The molecule has 3 N–H and O–H groups in total. The third-order valence-electron chi connectivity index (χ3n) is 6.92. The first-order chi connectivity index (χ1) is 18.7. The average Bonchev–Trinajstić information content (AvgIpc) is 2.89. The van der Waals surface area contributed by atoms with Crippen LogP contribution in [-0.2, 0) is 20.8 Å². The molecular weight excluding hydrogens is 563 g/mol. The molecule has 0 spiro atoms. The maximum absolute atomic E-state index is 13.3. The van der Waals surface area contributed by atoms with E-state index in [4.69, 9.17) is 0 Å². The minimum Gasteiger partial charge on any atom is -0.351 e. The van der Waals surface area contributed by atoms with Gasteiger partial charge >= 0.3 is 6.18 Å². The van der Waals surface area contributed by atoms with E-state index < -0.39 is 45.5 Å². The molecule has 3 rings (SSSR count). The van der Waals surface area contributed by atoms with Crippen LogP contribution in [0.2, 0.25) is 0 Å². The molecule has 0 bridgehead atoms. The SMILES string of the molecule is CSc1ccc(S(=O)(=O)C[C@@H]2C[C@H](NC(C)C)CC[C@@H]2NC(=O)[C@@H](C)NC(=O)c2cccc(C(F)(F)F)c2)cc1. The van der Waals surface area contributed by atoms with Gasteiger partial charge in [0.05, 0.1) is 16.2 Å². The highest BCUT2D eigenvalue weighted by molar-refractivity contribution is 7.98. The lowest BCUT2D eigenvalue weighted by molar-refractivity contribution is -0.137. The van der Waals surface area contributed by atoms with E-state index in [0.29, 0.717) is 12.8 Å². The summed E-state index contributed by atoms with van der Waals surface area (Å²) in [5, 5.41) is 8.81.